The van der Waals surface area contributed by atoms with Crippen molar-refractivity contribution >= 4 is 11.8 Å². The summed E-state index contributed by atoms with van der Waals surface area (Å²) in [6.07, 6.45) is 2.65. The molecule has 2 rings (SSSR count). The summed E-state index contributed by atoms with van der Waals surface area (Å²) < 4.78 is 0. The zero-order valence-corrected chi connectivity index (χ0v) is 12.1. The maximum Gasteiger partial charge on any atom is 0.120 e. The van der Waals surface area contributed by atoms with Crippen LogP contribution in [-0.4, -0.2) is 23.2 Å². The van der Waals surface area contributed by atoms with Gasteiger partial charge in [-0.25, -0.2) is 0 Å². The van der Waals surface area contributed by atoms with Gasteiger partial charge in [0.1, 0.15) is 5.75 Å². The summed E-state index contributed by atoms with van der Waals surface area (Å²) in [7, 11) is 0. The molecule has 1 aliphatic rings. The lowest BCUT2D eigenvalue weighted by molar-refractivity contribution is 0.408. The molecule has 3 heteroatoms. The number of phenols is 1. The second-order valence-corrected chi connectivity index (χ2v) is 6.47. The molecule has 1 fully saturated rings. The average molecular weight is 265 g/mol. The second-order valence-electron chi connectivity index (χ2n) is 5.25. The molecular formula is C15H23NOS. The van der Waals surface area contributed by atoms with Crippen molar-refractivity contribution in [3.8, 4) is 5.75 Å². The number of aryl methyl sites for hydroxylation is 1. The third-order valence-electron chi connectivity index (χ3n) is 3.71. The Balaban J connectivity index is 1.88. The van der Waals surface area contributed by atoms with Crippen molar-refractivity contribution < 1.29 is 5.11 Å². The average Bonchev–Trinajstić information content (AvgIpc) is 2.37. The third kappa shape index (κ3) is 3.66. The summed E-state index contributed by atoms with van der Waals surface area (Å²) in [5, 5.41) is 13.5. The van der Waals surface area contributed by atoms with Crippen molar-refractivity contribution in [2.24, 2.45) is 5.92 Å². The Morgan fingerprint density at radius 2 is 2.11 bits per heavy atom. The van der Waals surface area contributed by atoms with Gasteiger partial charge in [-0.1, -0.05) is 12.1 Å². The fourth-order valence-corrected chi connectivity index (χ4v) is 3.63. The maximum atomic E-state index is 9.96. The van der Waals surface area contributed by atoms with Crippen LogP contribution in [0.15, 0.2) is 18.2 Å². The van der Waals surface area contributed by atoms with Gasteiger partial charge in [0.25, 0.3) is 0 Å². The van der Waals surface area contributed by atoms with Crippen LogP contribution in [0.25, 0.3) is 0 Å². The fraction of sp³-hybridized carbons (Fsp3) is 0.600. The minimum absolute atomic E-state index is 0.222. The minimum atomic E-state index is 0.222. The zero-order valence-electron chi connectivity index (χ0n) is 11.3. The first-order chi connectivity index (χ1) is 8.66. The van der Waals surface area contributed by atoms with Gasteiger partial charge < -0.3 is 10.4 Å². The highest BCUT2D eigenvalue weighted by Crippen LogP contribution is 2.26. The van der Waals surface area contributed by atoms with Crippen LogP contribution in [0.3, 0.4) is 0 Å². The van der Waals surface area contributed by atoms with Gasteiger partial charge in [0.05, 0.1) is 0 Å². The van der Waals surface area contributed by atoms with Gasteiger partial charge in [-0.3, -0.25) is 0 Å². The first kappa shape index (κ1) is 13.8. The van der Waals surface area contributed by atoms with Crippen LogP contribution in [0.5, 0.6) is 5.75 Å². The first-order valence-electron chi connectivity index (χ1n) is 6.77. The molecule has 0 saturated carbocycles. The predicted molar refractivity (Wildman–Crippen MR) is 79.3 cm³/mol. The van der Waals surface area contributed by atoms with E-state index in [1.807, 2.05) is 19.1 Å². The number of benzene rings is 1. The van der Waals surface area contributed by atoms with Crippen molar-refractivity contribution in [1.29, 1.82) is 0 Å². The van der Waals surface area contributed by atoms with E-state index in [2.05, 4.69) is 30.1 Å². The lowest BCUT2D eigenvalue weighted by Crippen LogP contribution is -2.28. The molecule has 0 bridgehead atoms. The van der Waals surface area contributed by atoms with Gasteiger partial charge in [0.15, 0.2) is 0 Å². The molecule has 0 spiro atoms. The third-order valence-corrected chi connectivity index (χ3v) is 4.75. The van der Waals surface area contributed by atoms with E-state index < -0.39 is 0 Å². The lowest BCUT2D eigenvalue weighted by Gasteiger charge is -2.24. The molecule has 0 radical (unpaired) electrons. The molecule has 0 amide bonds. The molecule has 1 aromatic carbocycles. The summed E-state index contributed by atoms with van der Waals surface area (Å²) in [5.41, 5.74) is 2.11. The highest BCUT2D eigenvalue weighted by molar-refractivity contribution is 7.99. The van der Waals surface area contributed by atoms with Crippen molar-refractivity contribution in [2.75, 3.05) is 18.1 Å². The Morgan fingerprint density at radius 1 is 1.39 bits per heavy atom. The first-order valence-corrected chi connectivity index (χ1v) is 7.93. The summed E-state index contributed by atoms with van der Waals surface area (Å²) >= 11 is 2.07. The van der Waals surface area contributed by atoms with E-state index >= 15 is 0 Å². The van der Waals surface area contributed by atoms with Crippen LogP contribution in [0, 0.1) is 12.8 Å². The Labute approximate surface area is 114 Å². The Morgan fingerprint density at radius 3 is 2.78 bits per heavy atom. The summed E-state index contributed by atoms with van der Waals surface area (Å²) in [4.78, 5) is 0. The summed E-state index contributed by atoms with van der Waals surface area (Å²) in [6.45, 7) is 5.19. The SMILES string of the molecule is Cc1ccc(C(C)NCC2CCSCC2)c(O)c1. The molecule has 18 heavy (non-hydrogen) atoms. The van der Waals surface area contributed by atoms with E-state index in [0.717, 1.165) is 23.6 Å². The molecule has 0 aliphatic carbocycles. The molecule has 0 aromatic heterocycles. The topological polar surface area (TPSA) is 32.3 Å². The number of hydrogen-bond acceptors (Lipinski definition) is 3. The van der Waals surface area contributed by atoms with E-state index in [1.54, 1.807) is 0 Å². The summed E-state index contributed by atoms with van der Waals surface area (Å²) in [5.74, 6) is 3.82. The van der Waals surface area contributed by atoms with Crippen LogP contribution in [0.4, 0.5) is 0 Å². The van der Waals surface area contributed by atoms with E-state index in [4.69, 9.17) is 0 Å². The van der Waals surface area contributed by atoms with Crippen molar-refractivity contribution in [3.63, 3.8) is 0 Å². The van der Waals surface area contributed by atoms with E-state index in [0.29, 0.717) is 5.75 Å². The molecule has 1 heterocycles. The molecule has 1 saturated heterocycles. The molecule has 100 valence electrons. The van der Waals surface area contributed by atoms with Gasteiger partial charge in [0, 0.05) is 11.6 Å². The number of hydrogen-bond donors (Lipinski definition) is 2. The zero-order chi connectivity index (χ0) is 13.0. The Bertz CT molecular complexity index is 388. The highest BCUT2D eigenvalue weighted by atomic mass is 32.2. The molecule has 1 unspecified atom stereocenters. The van der Waals surface area contributed by atoms with Gasteiger partial charge in [-0.15, -0.1) is 0 Å². The lowest BCUT2D eigenvalue weighted by atomic mass is 10.0. The Kier molecular flexibility index (Phi) is 4.95. The fourth-order valence-electron chi connectivity index (χ4n) is 2.42. The number of aromatic hydroxyl groups is 1. The normalized spacial score (nSPS) is 18.8. The number of rotatable bonds is 4. The molecule has 1 aromatic rings. The molecule has 2 nitrogen and oxygen atoms in total. The van der Waals surface area contributed by atoms with Crippen LogP contribution in [0.1, 0.15) is 36.9 Å². The van der Waals surface area contributed by atoms with Gasteiger partial charge in [0.2, 0.25) is 0 Å². The number of thioether (sulfide) groups is 1. The van der Waals surface area contributed by atoms with E-state index in [1.165, 1.54) is 24.3 Å². The largest absolute Gasteiger partial charge is 0.508 e. The molecule has 1 aliphatic heterocycles. The summed E-state index contributed by atoms with van der Waals surface area (Å²) in [6, 6.07) is 6.15. The highest BCUT2D eigenvalue weighted by Gasteiger charge is 2.16. The van der Waals surface area contributed by atoms with E-state index in [9.17, 15) is 5.11 Å². The van der Waals surface area contributed by atoms with Gasteiger partial charge in [-0.2, -0.15) is 11.8 Å². The van der Waals surface area contributed by atoms with Crippen LogP contribution in [0.2, 0.25) is 0 Å². The van der Waals surface area contributed by atoms with Gasteiger partial charge in [-0.05, 0) is 62.3 Å². The van der Waals surface area contributed by atoms with Crippen LogP contribution >= 0.6 is 11.8 Å². The minimum Gasteiger partial charge on any atom is -0.508 e. The quantitative estimate of drug-likeness (QED) is 0.874. The number of nitrogens with one attached hydrogen (secondary N) is 1. The number of phenolic OH excluding ortho intramolecular Hbond substituents is 1. The second kappa shape index (κ2) is 6.48. The van der Waals surface area contributed by atoms with Crippen molar-refractivity contribution in [1.82, 2.24) is 5.32 Å². The van der Waals surface area contributed by atoms with Crippen molar-refractivity contribution in [2.45, 2.75) is 32.7 Å². The standard InChI is InChI=1S/C15H23NOS/c1-11-3-4-14(15(17)9-11)12(2)16-10-13-5-7-18-8-6-13/h3-4,9,12-13,16-17H,5-8,10H2,1-2H3. The van der Waals surface area contributed by atoms with Crippen LogP contribution < -0.4 is 5.32 Å². The maximum absolute atomic E-state index is 9.96. The Hall–Kier alpha value is -0.670. The van der Waals surface area contributed by atoms with Crippen LogP contribution in [-0.2, 0) is 0 Å². The van der Waals surface area contributed by atoms with Crippen molar-refractivity contribution in [3.05, 3.63) is 29.3 Å². The van der Waals surface area contributed by atoms with E-state index in [-0.39, 0.29) is 6.04 Å². The van der Waals surface area contributed by atoms with Gasteiger partial charge >= 0.3 is 0 Å². The monoisotopic (exact) mass is 265 g/mol. The molecule has 1 atom stereocenters. The predicted octanol–water partition coefficient (Wildman–Crippen LogP) is 3.49. The molecular weight excluding hydrogens is 242 g/mol. The smallest absolute Gasteiger partial charge is 0.120 e. The molecule has 2 N–H and O–H groups in total.